The summed E-state index contributed by atoms with van der Waals surface area (Å²) < 4.78 is 5.02. The van der Waals surface area contributed by atoms with Crippen molar-refractivity contribution in [1.82, 2.24) is 5.32 Å². The molecule has 1 unspecified atom stereocenters. The van der Waals surface area contributed by atoms with Crippen LogP contribution < -0.4 is 5.32 Å². The Morgan fingerprint density at radius 2 is 2.40 bits per heavy atom. The SMILES string of the molecule is CCCC(O)CNC(=O)c1occc1C. The third kappa shape index (κ3) is 3.40. The lowest BCUT2D eigenvalue weighted by atomic mass is 10.2. The van der Waals surface area contributed by atoms with E-state index in [0.717, 1.165) is 12.0 Å². The minimum absolute atomic E-state index is 0.271. The molecule has 84 valence electrons. The predicted octanol–water partition coefficient (Wildman–Crippen LogP) is 1.48. The van der Waals surface area contributed by atoms with Gasteiger partial charge in [-0.25, -0.2) is 0 Å². The van der Waals surface area contributed by atoms with Crippen molar-refractivity contribution < 1.29 is 14.3 Å². The standard InChI is InChI=1S/C11H17NO3/c1-3-4-9(13)7-12-11(14)10-8(2)5-6-15-10/h5-6,9,13H,3-4,7H2,1-2H3,(H,12,14). The summed E-state index contributed by atoms with van der Waals surface area (Å²) in [5.74, 6) is 0.0475. The van der Waals surface area contributed by atoms with Gasteiger partial charge in [-0.2, -0.15) is 0 Å². The van der Waals surface area contributed by atoms with Crippen LogP contribution in [0.2, 0.25) is 0 Å². The molecule has 1 atom stereocenters. The van der Waals surface area contributed by atoms with Gasteiger partial charge in [0, 0.05) is 12.1 Å². The fraction of sp³-hybridized carbons (Fsp3) is 0.545. The van der Waals surface area contributed by atoms with E-state index in [1.165, 1.54) is 6.26 Å². The number of hydrogen-bond acceptors (Lipinski definition) is 3. The highest BCUT2D eigenvalue weighted by atomic mass is 16.3. The second kappa shape index (κ2) is 5.56. The monoisotopic (exact) mass is 211 g/mol. The number of aliphatic hydroxyl groups excluding tert-OH is 1. The second-order valence-electron chi connectivity index (χ2n) is 3.59. The molecule has 1 aromatic rings. The van der Waals surface area contributed by atoms with Gasteiger partial charge in [0.2, 0.25) is 0 Å². The van der Waals surface area contributed by atoms with Gasteiger partial charge in [0.05, 0.1) is 12.4 Å². The van der Waals surface area contributed by atoms with Gasteiger partial charge >= 0.3 is 0 Å². The summed E-state index contributed by atoms with van der Waals surface area (Å²) in [6.45, 7) is 4.06. The topological polar surface area (TPSA) is 62.5 Å². The van der Waals surface area contributed by atoms with Crippen molar-refractivity contribution in [3.63, 3.8) is 0 Å². The van der Waals surface area contributed by atoms with Crippen molar-refractivity contribution in [3.05, 3.63) is 23.7 Å². The Labute approximate surface area is 89.3 Å². The molecule has 0 saturated heterocycles. The molecular weight excluding hydrogens is 194 g/mol. The van der Waals surface area contributed by atoms with Gasteiger partial charge in [0.25, 0.3) is 5.91 Å². The Balaban J connectivity index is 2.40. The van der Waals surface area contributed by atoms with Crippen molar-refractivity contribution in [2.45, 2.75) is 32.8 Å². The van der Waals surface area contributed by atoms with Crippen LogP contribution in [0.3, 0.4) is 0 Å². The third-order valence-electron chi connectivity index (χ3n) is 2.19. The number of carbonyl (C=O) groups is 1. The Morgan fingerprint density at radius 1 is 1.67 bits per heavy atom. The van der Waals surface area contributed by atoms with Crippen LogP contribution in [-0.2, 0) is 0 Å². The second-order valence-corrected chi connectivity index (χ2v) is 3.59. The maximum atomic E-state index is 11.5. The molecule has 4 nitrogen and oxygen atoms in total. The summed E-state index contributed by atoms with van der Waals surface area (Å²) in [6.07, 6.45) is 2.59. The zero-order chi connectivity index (χ0) is 11.3. The zero-order valence-electron chi connectivity index (χ0n) is 9.12. The summed E-state index contributed by atoms with van der Waals surface area (Å²) >= 11 is 0. The molecule has 0 aliphatic carbocycles. The largest absolute Gasteiger partial charge is 0.459 e. The number of aliphatic hydroxyl groups is 1. The van der Waals surface area contributed by atoms with Crippen molar-refractivity contribution in [2.75, 3.05) is 6.54 Å². The molecule has 15 heavy (non-hydrogen) atoms. The van der Waals surface area contributed by atoms with Crippen molar-refractivity contribution in [2.24, 2.45) is 0 Å². The number of rotatable bonds is 5. The molecule has 0 aliphatic rings. The molecular formula is C11H17NO3. The molecule has 1 amide bonds. The van der Waals surface area contributed by atoms with Crippen LogP contribution >= 0.6 is 0 Å². The van der Waals surface area contributed by atoms with Gasteiger partial charge in [-0.05, 0) is 19.4 Å². The van der Waals surface area contributed by atoms with Gasteiger partial charge < -0.3 is 14.8 Å². The average Bonchev–Trinajstić information content (AvgIpc) is 2.61. The van der Waals surface area contributed by atoms with Crippen LogP contribution in [0, 0.1) is 6.92 Å². The van der Waals surface area contributed by atoms with E-state index in [4.69, 9.17) is 4.42 Å². The summed E-state index contributed by atoms with van der Waals surface area (Å²) in [7, 11) is 0. The van der Waals surface area contributed by atoms with Gasteiger partial charge in [0.1, 0.15) is 0 Å². The highest BCUT2D eigenvalue weighted by Crippen LogP contribution is 2.08. The molecule has 0 aromatic carbocycles. The first-order valence-corrected chi connectivity index (χ1v) is 5.15. The summed E-state index contributed by atoms with van der Waals surface area (Å²) in [5.41, 5.74) is 0.803. The molecule has 1 rings (SSSR count). The lowest BCUT2D eigenvalue weighted by Gasteiger charge is -2.09. The van der Waals surface area contributed by atoms with E-state index in [1.807, 2.05) is 6.92 Å². The number of aryl methyl sites for hydroxylation is 1. The molecule has 2 N–H and O–H groups in total. The molecule has 0 radical (unpaired) electrons. The molecule has 0 saturated carbocycles. The Bertz CT molecular complexity index is 319. The van der Waals surface area contributed by atoms with Gasteiger partial charge in [0.15, 0.2) is 5.76 Å². The Morgan fingerprint density at radius 3 is 2.93 bits per heavy atom. The van der Waals surface area contributed by atoms with Crippen molar-refractivity contribution >= 4 is 5.91 Å². The van der Waals surface area contributed by atoms with Crippen LogP contribution in [0.15, 0.2) is 16.7 Å². The van der Waals surface area contributed by atoms with E-state index >= 15 is 0 Å². The minimum Gasteiger partial charge on any atom is -0.459 e. The zero-order valence-corrected chi connectivity index (χ0v) is 9.12. The van der Waals surface area contributed by atoms with E-state index in [9.17, 15) is 9.90 Å². The summed E-state index contributed by atoms with van der Waals surface area (Å²) in [6, 6.07) is 1.73. The number of amides is 1. The molecule has 0 bridgehead atoms. The summed E-state index contributed by atoms with van der Waals surface area (Å²) in [4.78, 5) is 11.5. The highest BCUT2D eigenvalue weighted by Gasteiger charge is 2.13. The van der Waals surface area contributed by atoms with Crippen molar-refractivity contribution in [3.8, 4) is 0 Å². The number of hydrogen-bond donors (Lipinski definition) is 2. The lowest BCUT2D eigenvalue weighted by Crippen LogP contribution is -2.32. The molecule has 0 fully saturated rings. The van der Waals surface area contributed by atoms with Crippen LogP contribution in [0.4, 0.5) is 0 Å². The lowest BCUT2D eigenvalue weighted by molar-refractivity contribution is 0.0882. The first-order valence-electron chi connectivity index (χ1n) is 5.15. The van der Waals surface area contributed by atoms with E-state index < -0.39 is 6.10 Å². The maximum Gasteiger partial charge on any atom is 0.287 e. The molecule has 0 aliphatic heterocycles. The van der Waals surface area contributed by atoms with Crippen LogP contribution in [-0.4, -0.2) is 23.7 Å². The highest BCUT2D eigenvalue weighted by molar-refractivity contribution is 5.92. The fourth-order valence-electron chi connectivity index (χ4n) is 1.33. The Kier molecular flexibility index (Phi) is 4.37. The minimum atomic E-state index is -0.478. The van der Waals surface area contributed by atoms with Gasteiger partial charge in [-0.3, -0.25) is 4.79 Å². The average molecular weight is 211 g/mol. The third-order valence-corrected chi connectivity index (χ3v) is 2.19. The van der Waals surface area contributed by atoms with Crippen molar-refractivity contribution in [1.29, 1.82) is 0 Å². The van der Waals surface area contributed by atoms with Crippen LogP contribution in [0.25, 0.3) is 0 Å². The molecule has 1 aromatic heterocycles. The first kappa shape index (κ1) is 11.8. The number of carbonyl (C=O) groups excluding carboxylic acids is 1. The van der Waals surface area contributed by atoms with Crippen LogP contribution in [0.5, 0.6) is 0 Å². The Hall–Kier alpha value is -1.29. The number of furan rings is 1. The maximum absolute atomic E-state index is 11.5. The first-order chi connectivity index (χ1) is 7.15. The molecule has 1 heterocycles. The quantitative estimate of drug-likeness (QED) is 0.775. The van der Waals surface area contributed by atoms with E-state index in [1.54, 1.807) is 13.0 Å². The number of nitrogens with one attached hydrogen (secondary N) is 1. The van der Waals surface area contributed by atoms with E-state index in [-0.39, 0.29) is 12.5 Å². The normalized spacial score (nSPS) is 12.5. The van der Waals surface area contributed by atoms with Gasteiger partial charge in [-0.15, -0.1) is 0 Å². The summed E-state index contributed by atoms with van der Waals surface area (Å²) in [5, 5.41) is 12.0. The van der Waals surface area contributed by atoms with E-state index in [2.05, 4.69) is 5.32 Å². The van der Waals surface area contributed by atoms with Crippen LogP contribution in [0.1, 0.15) is 35.9 Å². The molecule has 0 spiro atoms. The predicted molar refractivity (Wildman–Crippen MR) is 56.7 cm³/mol. The fourth-order valence-corrected chi connectivity index (χ4v) is 1.33. The molecule has 4 heteroatoms. The smallest absolute Gasteiger partial charge is 0.287 e. The van der Waals surface area contributed by atoms with Gasteiger partial charge in [-0.1, -0.05) is 13.3 Å². The van der Waals surface area contributed by atoms with E-state index in [0.29, 0.717) is 12.2 Å².